The van der Waals surface area contributed by atoms with E-state index in [0.29, 0.717) is 28.3 Å². The molecule has 7 heteroatoms. The van der Waals surface area contributed by atoms with Gasteiger partial charge in [0.15, 0.2) is 17.1 Å². The Kier molecular flexibility index (Phi) is 4.80. The monoisotopic (exact) mass is 397 g/mol. The van der Waals surface area contributed by atoms with Crippen LogP contribution >= 0.6 is 0 Å². The summed E-state index contributed by atoms with van der Waals surface area (Å²) in [5.41, 5.74) is 2.82. The zero-order valence-corrected chi connectivity index (χ0v) is 16.0. The second kappa shape index (κ2) is 7.43. The first-order valence-electron chi connectivity index (χ1n) is 8.70. The second-order valence-electron chi connectivity index (χ2n) is 6.24. The molecule has 1 heterocycles. The molecule has 0 N–H and O–H groups in total. The lowest BCUT2D eigenvalue weighted by atomic mass is 10.0. The highest BCUT2D eigenvalue weighted by Gasteiger charge is 2.18. The van der Waals surface area contributed by atoms with Crippen LogP contribution in [0.15, 0.2) is 52.9 Å². The molecule has 0 unspecified atom stereocenters. The summed E-state index contributed by atoms with van der Waals surface area (Å²) >= 11 is 0. The van der Waals surface area contributed by atoms with Gasteiger partial charge in [0.2, 0.25) is 11.6 Å². The second-order valence-corrected chi connectivity index (χ2v) is 6.24. The molecule has 0 spiro atoms. The Bertz CT molecular complexity index is 1180. The summed E-state index contributed by atoms with van der Waals surface area (Å²) < 4.78 is 49.1. The molecule has 0 aliphatic heterocycles. The molecule has 148 valence electrons. The molecule has 29 heavy (non-hydrogen) atoms. The molecule has 0 bridgehead atoms. The number of ether oxygens (including phenoxy) is 3. The maximum atomic E-state index is 13.5. The Morgan fingerprint density at radius 3 is 2.14 bits per heavy atom. The minimum Gasteiger partial charge on any atom is -0.493 e. The molecule has 0 fully saturated rings. The highest BCUT2D eigenvalue weighted by molar-refractivity contribution is 5.85. The topological polar surface area (TPSA) is 53.7 Å². The molecule has 0 saturated carbocycles. The maximum Gasteiger partial charge on any atom is 0.227 e. The van der Waals surface area contributed by atoms with Gasteiger partial charge in [-0.15, -0.1) is 0 Å². The maximum absolute atomic E-state index is 13.5. The van der Waals surface area contributed by atoms with Crippen LogP contribution in [0.4, 0.5) is 8.78 Å². The van der Waals surface area contributed by atoms with Gasteiger partial charge in [0.25, 0.3) is 0 Å². The van der Waals surface area contributed by atoms with Gasteiger partial charge in [-0.3, -0.25) is 0 Å². The van der Waals surface area contributed by atoms with Crippen LogP contribution in [0, 0.1) is 11.6 Å². The van der Waals surface area contributed by atoms with Crippen molar-refractivity contribution in [3.8, 4) is 39.8 Å². The molecule has 0 aliphatic carbocycles. The van der Waals surface area contributed by atoms with E-state index in [1.165, 1.54) is 19.2 Å². The molecule has 4 rings (SSSR count). The Balaban J connectivity index is 1.83. The summed E-state index contributed by atoms with van der Waals surface area (Å²) in [4.78, 5) is 4.33. The predicted octanol–water partition coefficient (Wildman–Crippen LogP) is 5.47. The Hall–Kier alpha value is -3.61. The van der Waals surface area contributed by atoms with E-state index in [-0.39, 0.29) is 11.5 Å². The lowest BCUT2D eigenvalue weighted by Crippen LogP contribution is -1.96. The van der Waals surface area contributed by atoms with Crippen LogP contribution in [-0.4, -0.2) is 26.3 Å². The highest BCUT2D eigenvalue weighted by Crippen LogP contribution is 2.44. The average molecular weight is 397 g/mol. The largest absolute Gasteiger partial charge is 0.493 e. The number of nitrogens with zero attached hydrogens (tertiary/aromatic N) is 1. The van der Waals surface area contributed by atoms with E-state index in [9.17, 15) is 8.78 Å². The van der Waals surface area contributed by atoms with E-state index in [1.54, 1.807) is 32.4 Å². The van der Waals surface area contributed by atoms with Gasteiger partial charge in [0.05, 0.1) is 21.3 Å². The first kappa shape index (κ1) is 18.7. The van der Waals surface area contributed by atoms with Crippen molar-refractivity contribution < 1.29 is 27.4 Å². The fourth-order valence-corrected chi connectivity index (χ4v) is 3.22. The fourth-order valence-electron chi connectivity index (χ4n) is 3.22. The Morgan fingerprint density at radius 1 is 0.759 bits per heavy atom. The first-order chi connectivity index (χ1) is 14.0. The molecule has 0 atom stereocenters. The highest BCUT2D eigenvalue weighted by atomic mass is 19.1. The zero-order valence-electron chi connectivity index (χ0n) is 16.0. The van der Waals surface area contributed by atoms with Crippen molar-refractivity contribution in [1.82, 2.24) is 4.98 Å². The normalized spacial score (nSPS) is 10.9. The van der Waals surface area contributed by atoms with Gasteiger partial charge < -0.3 is 18.6 Å². The van der Waals surface area contributed by atoms with Crippen LogP contribution in [0.2, 0.25) is 0 Å². The van der Waals surface area contributed by atoms with Gasteiger partial charge in [0.1, 0.15) is 17.2 Å². The Labute approximate surface area is 165 Å². The summed E-state index contributed by atoms with van der Waals surface area (Å²) in [7, 11) is 4.63. The van der Waals surface area contributed by atoms with Crippen LogP contribution in [-0.2, 0) is 0 Å². The molecule has 0 radical (unpaired) electrons. The van der Waals surface area contributed by atoms with Crippen LogP contribution in [0.5, 0.6) is 17.2 Å². The molecule has 3 aromatic carbocycles. The molecular weight excluding hydrogens is 380 g/mol. The summed E-state index contributed by atoms with van der Waals surface area (Å²) in [5.74, 6) is 0.273. The van der Waals surface area contributed by atoms with Gasteiger partial charge >= 0.3 is 0 Å². The van der Waals surface area contributed by atoms with E-state index < -0.39 is 11.6 Å². The molecule has 0 saturated heterocycles. The predicted molar refractivity (Wildman–Crippen MR) is 104 cm³/mol. The van der Waals surface area contributed by atoms with Crippen LogP contribution in [0.25, 0.3) is 33.7 Å². The number of benzene rings is 3. The SMILES string of the molecule is COc1ccc(-c2ccc3nc(-c4cc(F)cc(F)c4)oc3c2)c(OC)c1OC. The molecule has 4 aromatic rings. The lowest BCUT2D eigenvalue weighted by Gasteiger charge is -2.15. The number of methoxy groups -OCH3 is 3. The van der Waals surface area contributed by atoms with Gasteiger partial charge in [-0.25, -0.2) is 13.8 Å². The van der Waals surface area contributed by atoms with E-state index in [4.69, 9.17) is 18.6 Å². The van der Waals surface area contributed by atoms with Gasteiger partial charge in [-0.05, 0) is 42.0 Å². The molecule has 1 aromatic heterocycles. The van der Waals surface area contributed by atoms with Crippen molar-refractivity contribution in [3.05, 3.63) is 60.2 Å². The summed E-state index contributed by atoms with van der Waals surface area (Å²) in [6.07, 6.45) is 0. The number of fused-ring (bicyclic) bond motifs is 1. The molecular formula is C22H17F2NO4. The minimum atomic E-state index is -0.696. The first-order valence-corrected chi connectivity index (χ1v) is 8.70. The zero-order chi connectivity index (χ0) is 20.5. The molecule has 0 aliphatic rings. The van der Waals surface area contributed by atoms with Crippen molar-refractivity contribution in [1.29, 1.82) is 0 Å². The summed E-state index contributed by atoms with van der Waals surface area (Å²) in [6.45, 7) is 0. The molecule has 0 amide bonds. The van der Waals surface area contributed by atoms with Crippen molar-refractivity contribution in [2.24, 2.45) is 0 Å². The Morgan fingerprint density at radius 2 is 1.48 bits per heavy atom. The van der Waals surface area contributed by atoms with Crippen LogP contribution in [0.1, 0.15) is 0 Å². The third-order valence-electron chi connectivity index (χ3n) is 4.51. The minimum absolute atomic E-state index is 0.134. The van der Waals surface area contributed by atoms with E-state index in [2.05, 4.69) is 4.98 Å². The number of aromatic nitrogens is 1. The standard InChI is InChI=1S/C22H17F2NO4/c1-26-18-7-5-16(20(27-2)21(18)28-3)12-4-6-17-19(10-12)29-22(25-17)13-8-14(23)11-15(24)9-13/h4-11H,1-3H3. The van der Waals surface area contributed by atoms with Crippen molar-refractivity contribution in [3.63, 3.8) is 0 Å². The average Bonchev–Trinajstić information content (AvgIpc) is 3.15. The molecule has 5 nitrogen and oxygen atoms in total. The van der Waals surface area contributed by atoms with Crippen LogP contribution in [0.3, 0.4) is 0 Å². The lowest BCUT2D eigenvalue weighted by molar-refractivity contribution is 0.325. The third kappa shape index (κ3) is 3.35. The number of rotatable bonds is 5. The van der Waals surface area contributed by atoms with E-state index in [0.717, 1.165) is 17.2 Å². The third-order valence-corrected chi connectivity index (χ3v) is 4.51. The van der Waals surface area contributed by atoms with E-state index >= 15 is 0 Å². The number of halogens is 2. The van der Waals surface area contributed by atoms with Gasteiger partial charge in [-0.2, -0.15) is 0 Å². The van der Waals surface area contributed by atoms with Crippen molar-refractivity contribution >= 4 is 11.1 Å². The fraction of sp³-hybridized carbons (Fsp3) is 0.136. The number of hydrogen-bond acceptors (Lipinski definition) is 5. The van der Waals surface area contributed by atoms with Crippen LogP contribution < -0.4 is 14.2 Å². The van der Waals surface area contributed by atoms with Gasteiger partial charge in [-0.1, -0.05) is 6.07 Å². The number of hydrogen-bond donors (Lipinski definition) is 0. The summed E-state index contributed by atoms with van der Waals surface area (Å²) in [5, 5.41) is 0. The summed E-state index contributed by atoms with van der Waals surface area (Å²) in [6, 6.07) is 12.2. The van der Waals surface area contributed by atoms with Crippen molar-refractivity contribution in [2.45, 2.75) is 0 Å². The van der Waals surface area contributed by atoms with Gasteiger partial charge in [0, 0.05) is 17.2 Å². The quantitative estimate of drug-likeness (QED) is 0.447. The number of oxazole rings is 1. The smallest absolute Gasteiger partial charge is 0.227 e. The van der Waals surface area contributed by atoms with Crippen molar-refractivity contribution in [2.75, 3.05) is 21.3 Å². The van der Waals surface area contributed by atoms with E-state index in [1.807, 2.05) is 12.1 Å².